The van der Waals surface area contributed by atoms with E-state index in [1.165, 1.54) is 13.3 Å². The van der Waals surface area contributed by atoms with Crippen LogP contribution >= 0.6 is 0 Å². The topological polar surface area (TPSA) is 61.2 Å². The number of fused-ring (bicyclic) bond motifs is 1. The van der Waals surface area contributed by atoms with Crippen molar-refractivity contribution in [3.8, 4) is 0 Å². The van der Waals surface area contributed by atoms with E-state index in [-0.39, 0.29) is 5.69 Å². The number of carbonyl (C=O) groups excluding carboxylic acids is 2. The zero-order chi connectivity index (χ0) is 11.7. The van der Waals surface area contributed by atoms with Crippen LogP contribution in [-0.2, 0) is 11.8 Å². The summed E-state index contributed by atoms with van der Waals surface area (Å²) >= 11 is 0. The smallest absolute Gasteiger partial charge is 0.358 e. The van der Waals surface area contributed by atoms with Crippen LogP contribution in [0.3, 0.4) is 0 Å². The van der Waals surface area contributed by atoms with Crippen molar-refractivity contribution in [1.82, 2.24) is 9.55 Å². The molecule has 5 nitrogen and oxygen atoms in total. The Morgan fingerprint density at radius 3 is 2.94 bits per heavy atom. The van der Waals surface area contributed by atoms with Crippen molar-refractivity contribution in [2.24, 2.45) is 7.05 Å². The van der Waals surface area contributed by atoms with Crippen molar-refractivity contribution in [3.63, 3.8) is 0 Å². The third-order valence-corrected chi connectivity index (χ3v) is 2.43. The minimum absolute atomic E-state index is 0.218. The quantitative estimate of drug-likeness (QED) is 0.560. The lowest BCUT2D eigenvalue weighted by molar-refractivity contribution is 0.0596. The molecule has 0 aliphatic rings. The molecule has 0 saturated heterocycles. The summed E-state index contributed by atoms with van der Waals surface area (Å²) in [5, 5.41) is 0.702. The molecular formula is C11H10N2O3. The summed E-state index contributed by atoms with van der Waals surface area (Å²) < 4.78 is 6.33. The summed E-state index contributed by atoms with van der Waals surface area (Å²) in [7, 11) is 3.05. The number of ether oxygens (including phenoxy) is 1. The first-order valence-corrected chi connectivity index (χ1v) is 4.66. The number of aldehydes is 1. The number of carbonyl (C=O) groups is 2. The van der Waals surface area contributed by atoms with Crippen LogP contribution in [-0.4, -0.2) is 28.9 Å². The van der Waals surface area contributed by atoms with E-state index in [1.807, 2.05) is 0 Å². The molecule has 0 spiro atoms. The number of nitrogens with zero attached hydrogens (tertiary/aromatic N) is 2. The largest absolute Gasteiger partial charge is 0.464 e. The number of pyridine rings is 1. The Morgan fingerprint density at radius 1 is 1.56 bits per heavy atom. The molecule has 2 rings (SSSR count). The van der Waals surface area contributed by atoms with Gasteiger partial charge in [-0.05, 0) is 6.07 Å². The standard InChI is InChI=1S/C11H10N2O3/c1-13-5-7(6-14)8-3-4-12-9(10(8)13)11(15)16-2/h3-6H,1-2H3. The van der Waals surface area contributed by atoms with Crippen LogP contribution in [0.25, 0.3) is 10.9 Å². The number of aryl methyl sites for hydroxylation is 1. The molecule has 0 amide bonds. The van der Waals surface area contributed by atoms with Crippen LogP contribution in [0.5, 0.6) is 0 Å². The zero-order valence-corrected chi connectivity index (χ0v) is 8.93. The summed E-state index contributed by atoms with van der Waals surface area (Å²) in [6.07, 6.45) is 3.90. The number of aromatic nitrogens is 2. The molecule has 82 valence electrons. The lowest BCUT2D eigenvalue weighted by Crippen LogP contribution is -2.06. The second kappa shape index (κ2) is 3.77. The molecule has 16 heavy (non-hydrogen) atoms. The number of hydrogen-bond donors (Lipinski definition) is 0. The summed E-state index contributed by atoms with van der Waals surface area (Å²) in [6, 6.07) is 1.70. The number of methoxy groups -OCH3 is 1. The van der Waals surface area contributed by atoms with Gasteiger partial charge in [-0.25, -0.2) is 9.78 Å². The maximum absolute atomic E-state index is 11.5. The Labute approximate surface area is 91.6 Å². The molecule has 0 unspecified atom stereocenters. The van der Waals surface area contributed by atoms with Crippen LogP contribution < -0.4 is 0 Å². The predicted octanol–water partition coefficient (Wildman–Crippen LogP) is 1.17. The minimum Gasteiger partial charge on any atom is -0.464 e. The van der Waals surface area contributed by atoms with Gasteiger partial charge in [0.1, 0.15) is 0 Å². The molecule has 0 aliphatic heterocycles. The highest BCUT2D eigenvalue weighted by molar-refractivity contribution is 6.06. The van der Waals surface area contributed by atoms with Crippen LogP contribution in [0, 0.1) is 0 Å². The molecule has 0 bridgehead atoms. The zero-order valence-electron chi connectivity index (χ0n) is 8.93. The average molecular weight is 218 g/mol. The summed E-state index contributed by atoms with van der Waals surface area (Å²) in [5.41, 5.74) is 1.36. The highest BCUT2D eigenvalue weighted by atomic mass is 16.5. The average Bonchev–Trinajstić information content (AvgIpc) is 2.65. The van der Waals surface area contributed by atoms with E-state index in [9.17, 15) is 9.59 Å². The highest BCUT2D eigenvalue weighted by Gasteiger charge is 2.16. The highest BCUT2D eigenvalue weighted by Crippen LogP contribution is 2.21. The van der Waals surface area contributed by atoms with Crippen LogP contribution in [0.15, 0.2) is 18.5 Å². The van der Waals surface area contributed by atoms with Gasteiger partial charge < -0.3 is 9.30 Å². The van der Waals surface area contributed by atoms with Gasteiger partial charge in [0, 0.05) is 30.4 Å². The lowest BCUT2D eigenvalue weighted by Gasteiger charge is -2.02. The molecule has 2 aromatic rings. The molecule has 0 aliphatic carbocycles. The van der Waals surface area contributed by atoms with E-state index in [0.717, 1.165) is 6.29 Å². The molecule has 0 aromatic carbocycles. The van der Waals surface area contributed by atoms with Crippen molar-refractivity contribution >= 4 is 23.2 Å². The van der Waals surface area contributed by atoms with Crippen molar-refractivity contribution in [1.29, 1.82) is 0 Å². The van der Waals surface area contributed by atoms with E-state index < -0.39 is 5.97 Å². The van der Waals surface area contributed by atoms with Gasteiger partial charge in [0.25, 0.3) is 0 Å². The molecule has 5 heteroatoms. The van der Waals surface area contributed by atoms with E-state index in [2.05, 4.69) is 9.72 Å². The Kier molecular flexibility index (Phi) is 2.44. The van der Waals surface area contributed by atoms with Crippen molar-refractivity contribution in [2.75, 3.05) is 7.11 Å². The van der Waals surface area contributed by atoms with Gasteiger partial charge in [-0.2, -0.15) is 0 Å². The van der Waals surface area contributed by atoms with Gasteiger partial charge in [0.05, 0.1) is 12.6 Å². The Bertz CT molecular complexity index is 572. The van der Waals surface area contributed by atoms with E-state index in [0.29, 0.717) is 16.5 Å². The molecular weight excluding hydrogens is 208 g/mol. The molecule has 2 heterocycles. The number of esters is 1. The Morgan fingerprint density at radius 2 is 2.31 bits per heavy atom. The molecule has 2 aromatic heterocycles. The van der Waals surface area contributed by atoms with E-state index in [4.69, 9.17) is 0 Å². The van der Waals surface area contributed by atoms with E-state index in [1.54, 1.807) is 23.9 Å². The monoisotopic (exact) mass is 218 g/mol. The first-order chi connectivity index (χ1) is 7.69. The van der Waals surface area contributed by atoms with E-state index >= 15 is 0 Å². The fraction of sp³-hybridized carbons (Fsp3) is 0.182. The molecule has 0 atom stereocenters. The van der Waals surface area contributed by atoms with Gasteiger partial charge in [0.2, 0.25) is 0 Å². The fourth-order valence-electron chi connectivity index (χ4n) is 1.73. The third-order valence-electron chi connectivity index (χ3n) is 2.43. The maximum Gasteiger partial charge on any atom is 0.358 e. The molecule has 0 N–H and O–H groups in total. The third kappa shape index (κ3) is 1.37. The first kappa shape index (κ1) is 10.4. The van der Waals surface area contributed by atoms with Crippen molar-refractivity contribution in [3.05, 3.63) is 29.7 Å². The molecule has 0 radical (unpaired) electrons. The summed E-state index contributed by atoms with van der Waals surface area (Å²) in [6.45, 7) is 0. The first-order valence-electron chi connectivity index (χ1n) is 4.66. The van der Waals surface area contributed by atoms with Gasteiger partial charge in [-0.1, -0.05) is 0 Å². The Balaban J connectivity index is 2.82. The van der Waals surface area contributed by atoms with Gasteiger partial charge >= 0.3 is 5.97 Å². The van der Waals surface area contributed by atoms with Crippen LogP contribution in [0.2, 0.25) is 0 Å². The SMILES string of the molecule is COC(=O)c1nccc2c(C=O)cn(C)c12. The fourth-order valence-corrected chi connectivity index (χ4v) is 1.73. The summed E-state index contributed by atoms with van der Waals surface area (Å²) in [5.74, 6) is -0.510. The number of rotatable bonds is 2. The molecule has 0 saturated carbocycles. The maximum atomic E-state index is 11.5. The predicted molar refractivity (Wildman–Crippen MR) is 57.4 cm³/mol. The second-order valence-electron chi connectivity index (χ2n) is 3.36. The van der Waals surface area contributed by atoms with Crippen molar-refractivity contribution in [2.45, 2.75) is 0 Å². The lowest BCUT2D eigenvalue weighted by atomic mass is 10.2. The van der Waals surface area contributed by atoms with Gasteiger partial charge in [0.15, 0.2) is 12.0 Å². The summed E-state index contributed by atoms with van der Waals surface area (Å²) in [4.78, 5) is 26.3. The number of hydrogen-bond acceptors (Lipinski definition) is 4. The normalized spacial score (nSPS) is 10.4. The molecule has 0 fully saturated rings. The van der Waals surface area contributed by atoms with Gasteiger partial charge in [-0.15, -0.1) is 0 Å². The van der Waals surface area contributed by atoms with Gasteiger partial charge in [-0.3, -0.25) is 4.79 Å². The van der Waals surface area contributed by atoms with Crippen LogP contribution in [0.1, 0.15) is 20.8 Å². The van der Waals surface area contributed by atoms with Crippen LogP contribution in [0.4, 0.5) is 0 Å². The second-order valence-corrected chi connectivity index (χ2v) is 3.36. The minimum atomic E-state index is -0.510. The Hall–Kier alpha value is -2.17. The van der Waals surface area contributed by atoms with Crippen molar-refractivity contribution < 1.29 is 14.3 Å².